The first-order valence-electron chi connectivity index (χ1n) is 10.3. The molecule has 0 aromatic heterocycles. The normalized spacial score (nSPS) is 20.5. The summed E-state index contributed by atoms with van der Waals surface area (Å²) in [5.41, 5.74) is 0.756. The van der Waals surface area contributed by atoms with Crippen LogP contribution in [0.2, 0.25) is 0 Å². The van der Waals surface area contributed by atoms with Crippen LogP contribution in [0.15, 0.2) is 29.3 Å². The standard InChI is InChI=1S/C21H34FN5O/c1-4-23-20(24-17-21(25(2)3)9-15-28-16-10-21)27-13-11-26(12-14-27)19-8-6-5-7-18(19)22/h5-8H,4,9-17H2,1-3H3,(H,23,24). The number of guanidine groups is 1. The van der Waals surface area contributed by atoms with Gasteiger partial charge in [0.15, 0.2) is 5.96 Å². The Morgan fingerprint density at radius 3 is 2.46 bits per heavy atom. The highest BCUT2D eigenvalue weighted by molar-refractivity contribution is 5.80. The molecular formula is C21H34FN5O. The van der Waals surface area contributed by atoms with Crippen molar-refractivity contribution in [3.05, 3.63) is 30.1 Å². The summed E-state index contributed by atoms with van der Waals surface area (Å²) < 4.78 is 19.7. The Balaban J connectivity index is 1.66. The predicted molar refractivity (Wildman–Crippen MR) is 113 cm³/mol. The number of aliphatic imine (C=N–C) groups is 1. The van der Waals surface area contributed by atoms with Crippen LogP contribution in [0.4, 0.5) is 10.1 Å². The van der Waals surface area contributed by atoms with Gasteiger partial charge >= 0.3 is 0 Å². The lowest BCUT2D eigenvalue weighted by Gasteiger charge is -2.42. The molecule has 2 heterocycles. The molecule has 2 aliphatic rings. The Morgan fingerprint density at radius 2 is 1.86 bits per heavy atom. The summed E-state index contributed by atoms with van der Waals surface area (Å²) in [4.78, 5) is 11.7. The highest BCUT2D eigenvalue weighted by Gasteiger charge is 2.35. The zero-order valence-electron chi connectivity index (χ0n) is 17.5. The summed E-state index contributed by atoms with van der Waals surface area (Å²) in [5, 5.41) is 3.45. The number of benzene rings is 1. The lowest BCUT2D eigenvalue weighted by molar-refractivity contribution is -0.00264. The predicted octanol–water partition coefficient (Wildman–Crippen LogP) is 2.02. The van der Waals surface area contributed by atoms with Gasteiger partial charge in [-0.1, -0.05) is 12.1 Å². The quantitative estimate of drug-likeness (QED) is 0.615. The lowest BCUT2D eigenvalue weighted by atomic mass is 9.89. The third-order valence-electron chi connectivity index (χ3n) is 6.00. The fourth-order valence-electron chi connectivity index (χ4n) is 4.01. The number of nitrogens with zero attached hydrogens (tertiary/aromatic N) is 4. The number of piperazine rings is 1. The first kappa shape index (κ1) is 20.9. The molecule has 1 aromatic rings. The van der Waals surface area contributed by atoms with Crippen LogP contribution in [0.25, 0.3) is 0 Å². The molecule has 3 rings (SSSR count). The highest BCUT2D eigenvalue weighted by atomic mass is 19.1. The summed E-state index contributed by atoms with van der Waals surface area (Å²) in [6, 6.07) is 7.02. The maximum absolute atomic E-state index is 14.1. The van der Waals surface area contributed by atoms with Crippen LogP contribution in [0.5, 0.6) is 0 Å². The number of likely N-dealkylation sites (N-methyl/N-ethyl adjacent to an activating group) is 1. The third-order valence-corrected chi connectivity index (χ3v) is 6.00. The highest BCUT2D eigenvalue weighted by Crippen LogP contribution is 2.26. The summed E-state index contributed by atoms with van der Waals surface area (Å²) in [5.74, 6) is 0.812. The second-order valence-corrected chi connectivity index (χ2v) is 7.83. The zero-order chi connectivity index (χ0) is 20.0. The van der Waals surface area contributed by atoms with Crippen LogP contribution in [-0.2, 0) is 4.74 Å². The average Bonchev–Trinajstić information content (AvgIpc) is 2.72. The Hall–Kier alpha value is -1.86. The summed E-state index contributed by atoms with van der Waals surface area (Å²) >= 11 is 0. The first-order chi connectivity index (χ1) is 13.6. The molecule has 2 fully saturated rings. The molecule has 0 spiro atoms. The number of nitrogens with one attached hydrogen (secondary N) is 1. The molecule has 0 bridgehead atoms. The van der Waals surface area contributed by atoms with Crippen molar-refractivity contribution in [1.29, 1.82) is 0 Å². The third kappa shape index (κ3) is 4.75. The summed E-state index contributed by atoms with van der Waals surface area (Å²) in [6.07, 6.45) is 2.01. The average molecular weight is 392 g/mol. The maximum atomic E-state index is 14.1. The van der Waals surface area contributed by atoms with Gasteiger partial charge in [-0.3, -0.25) is 4.99 Å². The number of ether oxygens (including phenoxy) is 1. The van der Waals surface area contributed by atoms with Gasteiger partial charge in [0.25, 0.3) is 0 Å². The topological polar surface area (TPSA) is 43.3 Å². The second-order valence-electron chi connectivity index (χ2n) is 7.83. The molecule has 28 heavy (non-hydrogen) atoms. The van der Waals surface area contributed by atoms with E-state index in [9.17, 15) is 4.39 Å². The van der Waals surface area contributed by atoms with Crippen LogP contribution in [0.1, 0.15) is 19.8 Å². The molecule has 156 valence electrons. The molecular weight excluding hydrogens is 357 g/mol. The number of hydrogen-bond acceptors (Lipinski definition) is 4. The van der Waals surface area contributed by atoms with Crippen LogP contribution >= 0.6 is 0 Å². The van der Waals surface area contributed by atoms with E-state index in [1.54, 1.807) is 6.07 Å². The summed E-state index contributed by atoms with van der Waals surface area (Å²) in [6.45, 7) is 8.54. The van der Waals surface area contributed by atoms with Gasteiger partial charge in [-0.25, -0.2) is 4.39 Å². The SMILES string of the molecule is CCNC(=NCC1(N(C)C)CCOCC1)N1CCN(c2ccccc2F)CC1. The minimum absolute atomic E-state index is 0.0634. The molecule has 0 amide bonds. The molecule has 0 saturated carbocycles. The van der Waals surface area contributed by atoms with Crippen LogP contribution in [-0.4, -0.2) is 87.9 Å². The van der Waals surface area contributed by atoms with Crippen molar-refractivity contribution in [2.75, 3.05) is 71.5 Å². The number of para-hydroxylation sites is 1. The molecule has 0 unspecified atom stereocenters. The molecule has 2 aliphatic heterocycles. The molecule has 6 nitrogen and oxygen atoms in total. The fourth-order valence-corrected chi connectivity index (χ4v) is 4.01. The van der Waals surface area contributed by atoms with Crippen LogP contribution in [0.3, 0.4) is 0 Å². The first-order valence-corrected chi connectivity index (χ1v) is 10.3. The lowest BCUT2D eigenvalue weighted by Crippen LogP contribution is -2.54. The van der Waals surface area contributed by atoms with Crippen molar-refractivity contribution in [2.24, 2.45) is 4.99 Å². The van der Waals surface area contributed by atoms with E-state index in [2.05, 4.69) is 41.0 Å². The second kappa shape index (κ2) is 9.56. The Bertz CT molecular complexity index is 652. The van der Waals surface area contributed by atoms with E-state index in [1.807, 2.05) is 12.1 Å². The van der Waals surface area contributed by atoms with Gasteiger partial charge in [-0.15, -0.1) is 0 Å². The minimum Gasteiger partial charge on any atom is -0.381 e. The van der Waals surface area contributed by atoms with Gasteiger partial charge in [-0.05, 0) is 46.0 Å². The van der Waals surface area contributed by atoms with E-state index in [0.29, 0.717) is 5.69 Å². The van der Waals surface area contributed by atoms with Gasteiger partial charge in [0, 0.05) is 51.5 Å². The smallest absolute Gasteiger partial charge is 0.194 e. The number of anilines is 1. The molecule has 0 radical (unpaired) electrons. The molecule has 1 N–H and O–H groups in total. The molecule has 0 aliphatic carbocycles. The molecule has 7 heteroatoms. The van der Waals surface area contributed by atoms with Crippen LogP contribution in [0, 0.1) is 5.82 Å². The monoisotopic (exact) mass is 391 g/mol. The van der Waals surface area contributed by atoms with Crippen LogP contribution < -0.4 is 10.2 Å². The number of halogens is 1. The van der Waals surface area contributed by atoms with Crippen molar-refractivity contribution < 1.29 is 9.13 Å². The van der Waals surface area contributed by atoms with Gasteiger partial charge in [-0.2, -0.15) is 0 Å². The molecule has 0 atom stereocenters. The van der Waals surface area contributed by atoms with Gasteiger partial charge < -0.3 is 24.8 Å². The fraction of sp³-hybridized carbons (Fsp3) is 0.667. The van der Waals surface area contributed by atoms with E-state index < -0.39 is 0 Å². The van der Waals surface area contributed by atoms with Crippen molar-refractivity contribution in [3.8, 4) is 0 Å². The Morgan fingerprint density at radius 1 is 1.18 bits per heavy atom. The minimum atomic E-state index is -0.149. The van der Waals surface area contributed by atoms with Crippen molar-refractivity contribution in [3.63, 3.8) is 0 Å². The Labute approximate surface area is 168 Å². The van der Waals surface area contributed by atoms with E-state index >= 15 is 0 Å². The molecule has 1 aromatic carbocycles. The number of rotatable bonds is 5. The van der Waals surface area contributed by atoms with Gasteiger partial charge in [0.2, 0.25) is 0 Å². The number of hydrogen-bond donors (Lipinski definition) is 1. The zero-order valence-corrected chi connectivity index (χ0v) is 17.5. The van der Waals surface area contributed by atoms with Gasteiger partial charge in [0.1, 0.15) is 5.82 Å². The van der Waals surface area contributed by atoms with E-state index in [-0.39, 0.29) is 11.4 Å². The van der Waals surface area contributed by atoms with Crippen molar-refractivity contribution in [2.45, 2.75) is 25.3 Å². The van der Waals surface area contributed by atoms with E-state index in [0.717, 1.165) is 71.3 Å². The maximum Gasteiger partial charge on any atom is 0.194 e. The van der Waals surface area contributed by atoms with E-state index in [1.165, 1.54) is 6.07 Å². The largest absolute Gasteiger partial charge is 0.381 e. The van der Waals surface area contributed by atoms with Gasteiger partial charge in [0.05, 0.1) is 12.2 Å². The Kier molecular flexibility index (Phi) is 7.13. The molecule has 2 saturated heterocycles. The van der Waals surface area contributed by atoms with Crippen molar-refractivity contribution >= 4 is 11.6 Å². The van der Waals surface area contributed by atoms with Crippen molar-refractivity contribution in [1.82, 2.24) is 15.1 Å². The summed E-state index contributed by atoms with van der Waals surface area (Å²) in [7, 11) is 4.28. The van der Waals surface area contributed by atoms with E-state index in [4.69, 9.17) is 9.73 Å².